The van der Waals surface area contributed by atoms with Crippen LogP contribution in [0.3, 0.4) is 0 Å². The van der Waals surface area contributed by atoms with Crippen LogP contribution in [0.2, 0.25) is 4.34 Å². The fourth-order valence-corrected chi connectivity index (χ4v) is 3.87. The number of nitrogens with two attached hydrogens (primary N) is 1. The Bertz CT molecular complexity index is 398. The molecule has 0 spiro atoms. The van der Waals surface area contributed by atoms with E-state index in [2.05, 4.69) is 35.4 Å². The fourth-order valence-electron chi connectivity index (χ4n) is 2.72. The summed E-state index contributed by atoms with van der Waals surface area (Å²) < 4.78 is 0.845. The number of halogens is 1. The van der Waals surface area contributed by atoms with Crippen molar-refractivity contribution >= 4 is 22.9 Å². The number of likely N-dealkylation sites (N-methyl/N-ethyl adjacent to an activating group) is 2. The molecular formula is C13H23ClN4S. The quantitative estimate of drug-likeness (QED) is 0.652. The van der Waals surface area contributed by atoms with Crippen LogP contribution in [0.5, 0.6) is 0 Å². The van der Waals surface area contributed by atoms with E-state index < -0.39 is 0 Å². The lowest BCUT2D eigenvalue weighted by Crippen LogP contribution is -2.55. The van der Waals surface area contributed by atoms with Crippen molar-refractivity contribution in [2.24, 2.45) is 5.84 Å². The first-order chi connectivity index (χ1) is 9.10. The highest BCUT2D eigenvalue weighted by atomic mass is 35.5. The summed E-state index contributed by atoms with van der Waals surface area (Å²) in [5.74, 6) is 5.79. The summed E-state index contributed by atoms with van der Waals surface area (Å²) in [5, 5.41) is 0. The van der Waals surface area contributed by atoms with Crippen molar-refractivity contribution in [2.45, 2.75) is 24.9 Å². The van der Waals surface area contributed by atoms with Gasteiger partial charge < -0.3 is 9.80 Å². The summed E-state index contributed by atoms with van der Waals surface area (Å²) in [6, 6.07) is 4.73. The Morgan fingerprint density at radius 3 is 2.89 bits per heavy atom. The van der Waals surface area contributed by atoms with Gasteiger partial charge in [0, 0.05) is 29.9 Å². The van der Waals surface area contributed by atoms with E-state index in [1.165, 1.54) is 11.3 Å². The monoisotopic (exact) mass is 302 g/mol. The Kier molecular flexibility index (Phi) is 5.62. The average molecular weight is 303 g/mol. The number of hydrazine groups is 1. The normalized spacial score (nSPS) is 24.3. The van der Waals surface area contributed by atoms with Crippen LogP contribution in [0.25, 0.3) is 0 Å². The molecule has 0 bridgehead atoms. The lowest BCUT2D eigenvalue weighted by atomic mass is 10.0. The van der Waals surface area contributed by atoms with Gasteiger partial charge in [0.2, 0.25) is 0 Å². The molecule has 6 heteroatoms. The molecule has 0 radical (unpaired) electrons. The fraction of sp³-hybridized carbons (Fsp3) is 0.692. The van der Waals surface area contributed by atoms with Gasteiger partial charge >= 0.3 is 0 Å². The minimum absolute atomic E-state index is 0.250. The van der Waals surface area contributed by atoms with Gasteiger partial charge in [-0.05, 0) is 45.7 Å². The van der Waals surface area contributed by atoms with Crippen LogP contribution in [-0.2, 0) is 6.42 Å². The zero-order chi connectivity index (χ0) is 13.8. The van der Waals surface area contributed by atoms with Gasteiger partial charge in [-0.15, -0.1) is 11.3 Å². The van der Waals surface area contributed by atoms with Crippen LogP contribution < -0.4 is 11.3 Å². The van der Waals surface area contributed by atoms with Gasteiger partial charge in [0.1, 0.15) is 0 Å². The smallest absolute Gasteiger partial charge is 0.0931 e. The van der Waals surface area contributed by atoms with Crippen LogP contribution in [0, 0.1) is 0 Å². The molecule has 0 aliphatic carbocycles. The van der Waals surface area contributed by atoms with E-state index >= 15 is 0 Å². The minimum Gasteiger partial charge on any atom is -0.305 e. The van der Waals surface area contributed by atoms with Crippen molar-refractivity contribution in [1.82, 2.24) is 15.2 Å². The molecule has 2 rings (SSSR count). The van der Waals surface area contributed by atoms with Gasteiger partial charge in [-0.1, -0.05) is 11.6 Å². The van der Waals surface area contributed by atoms with Crippen molar-refractivity contribution < 1.29 is 0 Å². The van der Waals surface area contributed by atoms with Crippen molar-refractivity contribution in [3.05, 3.63) is 21.3 Å². The SMILES string of the molecule is CN1CCCN(C)C(C(Cc2ccc(Cl)s2)NN)C1. The second kappa shape index (κ2) is 7.02. The standard InChI is InChI=1S/C13H23ClN4S/c1-17-6-3-7-18(2)12(9-17)11(16-15)8-10-4-5-13(14)19-10/h4-5,11-12,16H,3,6-9,15H2,1-2H3. The highest BCUT2D eigenvalue weighted by Gasteiger charge is 2.28. The van der Waals surface area contributed by atoms with E-state index in [-0.39, 0.29) is 6.04 Å². The summed E-state index contributed by atoms with van der Waals surface area (Å²) in [7, 11) is 4.37. The Morgan fingerprint density at radius 2 is 2.26 bits per heavy atom. The molecule has 1 aromatic heterocycles. The van der Waals surface area contributed by atoms with E-state index in [9.17, 15) is 0 Å². The molecule has 4 nitrogen and oxygen atoms in total. The van der Waals surface area contributed by atoms with Gasteiger partial charge in [0.05, 0.1) is 4.34 Å². The van der Waals surface area contributed by atoms with Crippen LogP contribution in [0.4, 0.5) is 0 Å². The molecule has 0 saturated carbocycles. The van der Waals surface area contributed by atoms with Gasteiger partial charge in [0.15, 0.2) is 0 Å². The molecule has 1 fully saturated rings. The number of nitrogens with zero attached hydrogens (tertiary/aromatic N) is 2. The lowest BCUT2D eigenvalue weighted by Gasteiger charge is -2.34. The topological polar surface area (TPSA) is 44.5 Å². The number of hydrogen-bond donors (Lipinski definition) is 2. The molecule has 0 amide bonds. The Labute approximate surface area is 124 Å². The summed E-state index contributed by atoms with van der Waals surface area (Å²) in [6.07, 6.45) is 2.14. The summed E-state index contributed by atoms with van der Waals surface area (Å²) in [6.45, 7) is 3.33. The zero-order valence-corrected chi connectivity index (χ0v) is 13.2. The minimum atomic E-state index is 0.250. The first-order valence-corrected chi connectivity index (χ1v) is 7.88. The maximum Gasteiger partial charge on any atom is 0.0931 e. The third-order valence-corrected chi connectivity index (χ3v) is 5.10. The third kappa shape index (κ3) is 4.15. The second-order valence-corrected chi connectivity index (χ2v) is 7.15. The van der Waals surface area contributed by atoms with E-state index in [1.54, 1.807) is 11.3 Å². The number of thiophene rings is 1. The van der Waals surface area contributed by atoms with Crippen LogP contribution in [-0.4, -0.2) is 55.6 Å². The molecule has 19 heavy (non-hydrogen) atoms. The third-order valence-electron chi connectivity index (χ3n) is 3.84. The van der Waals surface area contributed by atoms with E-state index in [1.807, 2.05) is 6.07 Å². The summed E-state index contributed by atoms with van der Waals surface area (Å²) in [4.78, 5) is 6.09. The van der Waals surface area contributed by atoms with Crippen molar-refractivity contribution in [2.75, 3.05) is 33.7 Å². The van der Waals surface area contributed by atoms with Crippen molar-refractivity contribution in [3.8, 4) is 0 Å². The molecule has 0 aromatic carbocycles. The lowest BCUT2D eigenvalue weighted by molar-refractivity contribution is 0.177. The Balaban J connectivity index is 2.06. The zero-order valence-electron chi connectivity index (χ0n) is 11.6. The predicted molar refractivity (Wildman–Crippen MR) is 82.7 cm³/mol. The molecule has 2 atom stereocenters. The summed E-state index contributed by atoms with van der Waals surface area (Å²) in [5.41, 5.74) is 3.00. The van der Waals surface area contributed by atoms with E-state index in [4.69, 9.17) is 17.4 Å². The molecule has 1 aliphatic heterocycles. The van der Waals surface area contributed by atoms with Gasteiger partial charge in [0.25, 0.3) is 0 Å². The molecule has 3 N–H and O–H groups in total. The molecule has 108 valence electrons. The first-order valence-electron chi connectivity index (χ1n) is 6.69. The van der Waals surface area contributed by atoms with Crippen molar-refractivity contribution in [3.63, 3.8) is 0 Å². The highest BCUT2D eigenvalue weighted by Crippen LogP contribution is 2.24. The van der Waals surface area contributed by atoms with Crippen molar-refractivity contribution in [1.29, 1.82) is 0 Å². The average Bonchev–Trinajstić information content (AvgIpc) is 2.70. The molecule has 1 aromatic rings. The van der Waals surface area contributed by atoms with Crippen LogP contribution >= 0.6 is 22.9 Å². The second-order valence-electron chi connectivity index (χ2n) is 5.35. The number of hydrogen-bond acceptors (Lipinski definition) is 5. The van der Waals surface area contributed by atoms with E-state index in [0.29, 0.717) is 6.04 Å². The maximum absolute atomic E-state index is 6.00. The predicted octanol–water partition coefficient (Wildman–Crippen LogP) is 1.41. The molecule has 2 heterocycles. The van der Waals surface area contributed by atoms with Gasteiger partial charge in [-0.2, -0.15) is 0 Å². The van der Waals surface area contributed by atoms with Gasteiger partial charge in [-0.25, -0.2) is 0 Å². The molecular weight excluding hydrogens is 280 g/mol. The van der Waals surface area contributed by atoms with Gasteiger partial charge in [-0.3, -0.25) is 11.3 Å². The largest absolute Gasteiger partial charge is 0.305 e. The first kappa shape index (κ1) is 15.2. The Morgan fingerprint density at radius 1 is 1.47 bits per heavy atom. The van der Waals surface area contributed by atoms with Crippen LogP contribution in [0.1, 0.15) is 11.3 Å². The molecule has 1 aliphatic rings. The Hall–Kier alpha value is -0.170. The number of nitrogens with one attached hydrogen (secondary N) is 1. The molecule has 1 saturated heterocycles. The summed E-state index contributed by atoms with van der Waals surface area (Å²) >= 11 is 7.64. The highest BCUT2D eigenvalue weighted by molar-refractivity contribution is 7.16. The number of rotatable bonds is 4. The maximum atomic E-state index is 6.00. The van der Waals surface area contributed by atoms with E-state index in [0.717, 1.165) is 30.4 Å². The van der Waals surface area contributed by atoms with Crippen LogP contribution in [0.15, 0.2) is 12.1 Å². The molecule has 2 unspecified atom stereocenters.